The Morgan fingerprint density at radius 3 is 1.89 bits per heavy atom. The third-order valence-electron chi connectivity index (χ3n) is 7.12. The number of amides is 6. The summed E-state index contributed by atoms with van der Waals surface area (Å²) in [4.78, 5) is 102. The number of aliphatic carboxylic acids is 2. The molecule has 1 aliphatic heterocycles. The standard InChI is InChI=1S/C29H43N9O8.C2HF3O2/c1-17(39)32-12-6-5-10-20-26(44)36-19(11-7-13-33-29(30)31)25(43)34-16-23(40)35-22(15-24(41)42)28(46)38-21(27(45)37-20)14-18-8-3-2-4-9-18;3-2(4,5)1(6)7/h2-4,8-9,19-22H,5-7,10-16H2,1H3,(H,32,39)(H,34,43)(H,35,40)(H,36,44)(H,37,45)(H,38,46)(H,41,42)(H4,30,31,33);(H,6,7)/t19-,20-,21+,22-;/m0./s1. The van der Waals surface area contributed by atoms with Crippen LogP contribution >= 0.6 is 0 Å². The Morgan fingerprint density at radius 1 is 0.811 bits per heavy atom. The van der Waals surface area contributed by atoms with Gasteiger partial charge in [-0.3, -0.25) is 38.6 Å². The van der Waals surface area contributed by atoms with Gasteiger partial charge in [-0.05, 0) is 37.7 Å². The van der Waals surface area contributed by atoms with E-state index in [1.165, 1.54) is 6.92 Å². The molecule has 0 saturated carbocycles. The molecule has 4 atom stereocenters. The highest BCUT2D eigenvalue weighted by molar-refractivity contribution is 5.98. The van der Waals surface area contributed by atoms with E-state index in [0.29, 0.717) is 24.9 Å². The molecule has 0 bridgehead atoms. The van der Waals surface area contributed by atoms with E-state index in [9.17, 15) is 51.8 Å². The van der Waals surface area contributed by atoms with Crippen LogP contribution in [-0.2, 0) is 44.8 Å². The number of carboxylic acid groups (broad SMARTS) is 2. The van der Waals surface area contributed by atoms with Crippen LogP contribution in [0.5, 0.6) is 0 Å². The number of halogens is 3. The number of nitrogens with two attached hydrogens (primary N) is 2. The number of rotatable bonds is 13. The van der Waals surface area contributed by atoms with Crippen molar-refractivity contribution in [2.45, 2.75) is 82.2 Å². The molecule has 53 heavy (non-hydrogen) atoms. The molecule has 0 aliphatic carbocycles. The van der Waals surface area contributed by atoms with Crippen molar-refractivity contribution in [3.8, 4) is 0 Å². The SMILES string of the molecule is CC(=O)NCCCC[C@@H]1NC(=O)[C@@H](Cc2ccccc2)NC(=O)[C@H](CC(=O)O)NC(=O)CNC(=O)[C@H](CCCN=C(N)N)NC1=O.O=C(O)C(F)(F)F. The molecular formula is C31H44F3N9O10. The molecule has 0 aromatic heterocycles. The fourth-order valence-electron chi connectivity index (χ4n) is 4.57. The highest BCUT2D eigenvalue weighted by Gasteiger charge is 2.38. The number of nitrogens with zero attached hydrogens (tertiary/aromatic N) is 1. The number of alkyl halides is 3. The molecule has 1 fully saturated rings. The molecule has 0 radical (unpaired) electrons. The number of aliphatic imine (C=N–C) groups is 1. The van der Waals surface area contributed by atoms with Crippen LogP contribution in [0.25, 0.3) is 0 Å². The fourth-order valence-corrected chi connectivity index (χ4v) is 4.57. The van der Waals surface area contributed by atoms with E-state index in [4.69, 9.17) is 21.4 Å². The first-order valence-corrected chi connectivity index (χ1v) is 16.1. The van der Waals surface area contributed by atoms with E-state index in [2.05, 4.69) is 36.9 Å². The Bertz CT molecular complexity index is 1470. The molecule has 12 N–H and O–H groups in total. The summed E-state index contributed by atoms with van der Waals surface area (Å²) in [5, 5.41) is 31.7. The fraction of sp³-hybridized carbons (Fsp3) is 0.516. The quantitative estimate of drug-likeness (QED) is 0.0581. The molecule has 1 aromatic carbocycles. The first kappa shape index (κ1) is 45.1. The molecular weight excluding hydrogens is 715 g/mol. The minimum Gasteiger partial charge on any atom is -0.481 e. The van der Waals surface area contributed by atoms with E-state index < -0.39 is 84.8 Å². The zero-order chi connectivity index (χ0) is 40.1. The molecule has 22 heteroatoms. The number of nitrogens with one attached hydrogen (secondary N) is 6. The number of carboxylic acids is 2. The van der Waals surface area contributed by atoms with Crippen LogP contribution in [0.15, 0.2) is 35.3 Å². The summed E-state index contributed by atoms with van der Waals surface area (Å²) in [5.41, 5.74) is 11.4. The lowest BCUT2D eigenvalue weighted by atomic mass is 10.0. The maximum atomic E-state index is 13.7. The number of hydrogen-bond acceptors (Lipinski definition) is 9. The van der Waals surface area contributed by atoms with Crippen molar-refractivity contribution in [2.24, 2.45) is 16.5 Å². The zero-order valence-electron chi connectivity index (χ0n) is 28.7. The number of hydrogen-bond donors (Lipinski definition) is 10. The van der Waals surface area contributed by atoms with Crippen molar-refractivity contribution < 1.29 is 61.7 Å². The Labute approximate surface area is 301 Å². The summed E-state index contributed by atoms with van der Waals surface area (Å²) < 4.78 is 31.7. The largest absolute Gasteiger partial charge is 0.490 e. The molecule has 0 spiro atoms. The van der Waals surface area contributed by atoms with Gasteiger partial charge in [0.15, 0.2) is 5.96 Å². The topological polar surface area (TPSA) is 314 Å². The molecule has 1 saturated heterocycles. The summed E-state index contributed by atoms with van der Waals surface area (Å²) in [6, 6.07) is 3.53. The van der Waals surface area contributed by atoms with Crippen molar-refractivity contribution in [3.63, 3.8) is 0 Å². The average molecular weight is 760 g/mol. The monoisotopic (exact) mass is 759 g/mol. The van der Waals surface area contributed by atoms with Crippen LogP contribution in [0.2, 0.25) is 0 Å². The van der Waals surface area contributed by atoms with Gasteiger partial charge in [0.25, 0.3) is 0 Å². The third-order valence-corrected chi connectivity index (χ3v) is 7.12. The van der Waals surface area contributed by atoms with Gasteiger partial charge in [0.2, 0.25) is 35.4 Å². The maximum Gasteiger partial charge on any atom is 0.490 e. The summed E-state index contributed by atoms with van der Waals surface area (Å²) in [6.07, 6.45) is -4.56. The Balaban J connectivity index is 0.00000181. The summed E-state index contributed by atoms with van der Waals surface area (Å²) in [5.74, 6) is -8.50. The molecule has 294 valence electrons. The normalized spacial score (nSPS) is 19.9. The summed E-state index contributed by atoms with van der Waals surface area (Å²) >= 11 is 0. The Kier molecular flexibility index (Phi) is 19.4. The molecule has 6 amide bonds. The van der Waals surface area contributed by atoms with Crippen molar-refractivity contribution in [1.82, 2.24) is 31.9 Å². The Morgan fingerprint density at radius 2 is 1.34 bits per heavy atom. The van der Waals surface area contributed by atoms with Crippen LogP contribution in [-0.4, -0.2) is 114 Å². The van der Waals surface area contributed by atoms with Gasteiger partial charge in [-0.2, -0.15) is 13.2 Å². The van der Waals surface area contributed by atoms with Gasteiger partial charge in [-0.1, -0.05) is 30.3 Å². The predicted molar refractivity (Wildman–Crippen MR) is 179 cm³/mol. The second-order valence-electron chi connectivity index (χ2n) is 11.5. The van der Waals surface area contributed by atoms with E-state index in [1.54, 1.807) is 30.3 Å². The number of unbranched alkanes of at least 4 members (excludes halogenated alkanes) is 1. The number of carbonyl (C=O) groups is 8. The van der Waals surface area contributed by atoms with Crippen molar-refractivity contribution in [3.05, 3.63) is 35.9 Å². The van der Waals surface area contributed by atoms with Crippen molar-refractivity contribution >= 4 is 53.3 Å². The second kappa shape index (κ2) is 22.8. The van der Waals surface area contributed by atoms with Crippen LogP contribution < -0.4 is 43.4 Å². The lowest BCUT2D eigenvalue weighted by Crippen LogP contribution is -2.58. The molecule has 0 unspecified atom stereocenters. The number of guanidine groups is 1. The van der Waals surface area contributed by atoms with Crippen LogP contribution in [0.4, 0.5) is 13.2 Å². The second-order valence-corrected chi connectivity index (χ2v) is 11.5. The van der Waals surface area contributed by atoms with Gasteiger partial charge in [0.05, 0.1) is 13.0 Å². The summed E-state index contributed by atoms with van der Waals surface area (Å²) in [7, 11) is 0. The van der Waals surface area contributed by atoms with Crippen LogP contribution in [0.1, 0.15) is 51.0 Å². The van der Waals surface area contributed by atoms with Gasteiger partial charge in [-0.15, -0.1) is 0 Å². The lowest BCUT2D eigenvalue weighted by molar-refractivity contribution is -0.192. The first-order valence-electron chi connectivity index (χ1n) is 16.1. The highest BCUT2D eigenvalue weighted by Crippen LogP contribution is 2.13. The molecule has 1 heterocycles. The highest BCUT2D eigenvalue weighted by atomic mass is 19.4. The van der Waals surface area contributed by atoms with Crippen LogP contribution in [0, 0.1) is 0 Å². The van der Waals surface area contributed by atoms with Gasteiger partial charge in [0, 0.05) is 26.4 Å². The van der Waals surface area contributed by atoms with Crippen molar-refractivity contribution in [2.75, 3.05) is 19.6 Å². The van der Waals surface area contributed by atoms with E-state index in [-0.39, 0.29) is 44.1 Å². The number of benzene rings is 1. The lowest BCUT2D eigenvalue weighted by Gasteiger charge is -2.26. The maximum absolute atomic E-state index is 13.7. The predicted octanol–water partition coefficient (Wildman–Crippen LogP) is -2.23. The van der Waals surface area contributed by atoms with E-state index in [0.717, 1.165) is 0 Å². The third kappa shape index (κ3) is 19.3. The van der Waals surface area contributed by atoms with E-state index in [1.807, 2.05) is 0 Å². The van der Waals surface area contributed by atoms with Gasteiger partial charge >= 0.3 is 18.1 Å². The van der Waals surface area contributed by atoms with Gasteiger partial charge in [-0.25, -0.2) is 4.79 Å². The zero-order valence-corrected chi connectivity index (χ0v) is 28.7. The molecule has 2 rings (SSSR count). The molecule has 1 aliphatic rings. The average Bonchev–Trinajstić information content (AvgIpc) is 3.06. The minimum absolute atomic E-state index is 0.0174. The first-order chi connectivity index (χ1) is 24.8. The van der Waals surface area contributed by atoms with E-state index >= 15 is 0 Å². The smallest absolute Gasteiger partial charge is 0.481 e. The molecule has 19 nitrogen and oxygen atoms in total. The Hall–Kier alpha value is -5.96. The molecule has 1 aromatic rings. The van der Waals surface area contributed by atoms with Crippen LogP contribution in [0.3, 0.4) is 0 Å². The van der Waals surface area contributed by atoms with Crippen molar-refractivity contribution in [1.29, 1.82) is 0 Å². The number of carbonyl (C=O) groups excluding carboxylic acids is 6. The van der Waals surface area contributed by atoms with Gasteiger partial charge in [0.1, 0.15) is 24.2 Å². The summed E-state index contributed by atoms with van der Waals surface area (Å²) in [6.45, 7) is 1.24. The minimum atomic E-state index is -5.08. The van der Waals surface area contributed by atoms with Gasteiger partial charge < -0.3 is 53.6 Å².